The number of aryl methyl sites for hydroxylation is 2. The van der Waals surface area contributed by atoms with Gasteiger partial charge in [0.15, 0.2) is 0 Å². The van der Waals surface area contributed by atoms with Crippen molar-refractivity contribution in [3.05, 3.63) is 59.2 Å². The largest absolute Gasteiger partial charge is 0.508 e. The van der Waals surface area contributed by atoms with Gasteiger partial charge in [-0.2, -0.15) is 0 Å². The molecule has 106 valence electrons. The quantitative estimate of drug-likeness (QED) is 0.751. The number of rotatable bonds is 2. The van der Waals surface area contributed by atoms with E-state index in [1.54, 1.807) is 12.1 Å². The molecule has 0 radical (unpaired) electrons. The van der Waals surface area contributed by atoms with Crippen molar-refractivity contribution >= 4 is 10.9 Å². The van der Waals surface area contributed by atoms with Gasteiger partial charge in [0.2, 0.25) is 0 Å². The highest BCUT2D eigenvalue weighted by Crippen LogP contribution is 2.29. The number of aromatic nitrogens is 1. The molecule has 0 saturated heterocycles. The molecule has 2 aromatic carbocycles. The van der Waals surface area contributed by atoms with Gasteiger partial charge in [-0.05, 0) is 48.7 Å². The molecule has 0 aliphatic carbocycles. The van der Waals surface area contributed by atoms with Crippen molar-refractivity contribution < 1.29 is 10.2 Å². The van der Waals surface area contributed by atoms with E-state index in [1.807, 2.05) is 44.2 Å². The van der Waals surface area contributed by atoms with Gasteiger partial charge in [0, 0.05) is 10.9 Å². The van der Waals surface area contributed by atoms with Gasteiger partial charge in [0.25, 0.3) is 0 Å². The molecule has 0 amide bonds. The second-order valence-electron chi connectivity index (χ2n) is 5.28. The summed E-state index contributed by atoms with van der Waals surface area (Å²) in [5.41, 5.74) is 5.64. The van der Waals surface area contributed by atoms with Crippen LogP contribution in [0.15, 0.2) is 42.5 Å². The molecular weight excluding hydrogens is 262 g/mol. The molecule has 0 spiro atoms. The SMILES string of the molecule is Cc1cc(-c2cccc(O)c2)nc2c(C)c(CO)ccc12. The maximum Gasteiger partial charge on any atom is 0.116 e. The Morgan fingerprint density at radius 1 is 1.05 bits per heavy atom. The highest BCUT2D eigenvalue weighted by atomic mass is 16.3. The molecule has 3 rings (SSSR count). The summed E-state index contributed by atoms with van der Waals surface area (Å²) in [7, 11) is 0. The molecule has 1 aromatic heterocycles. The molecule has 0 bridgehead atoms. The van der Waals surface area contributed by atoms with Crippen LogP contribution >= 0.6 is 0 Å². The topological polar surface area (TPSA) is 53.4 Å². The zero-order chi connectivity index (χ0) is 15.0. The molecule has 0 fully saturated rings. The lowest BCUT2D eigenvalue weighted by Gasteiger charge is -2.11. The number of aromatic hydroxyl groups is 1. The molecule has 3 nitrogen and oxygen atoms in total. The van der Waals surface area contributed by atoms with Crippen molar-refractivity contribution in [2.24, 2.45) is 0 Å². The second-order valence-corrected chi connectivity index (χ2v) is 5.28. The van der Waals surface area contributed by atoms with E-state index >= 15 is 0 Å². The van der Waals surface area contributed by atoms with Crippen LogP contribution in [0.1, 0.15) is 16.7 Å². The van der Waals surface area contributed by atoms with Crippen LogP contribution in [0.25, 0.3) is 22.2 Å². The van der Waals surface area contributed by atoms with E-state index < -0.39 is 0 Å². The minimum atomic E-state index is 0.0128. The van der Waals surface area contributed by atoms with Crippen LogP contribution in [0, 0.1) is 13.8 Å². The number of benzene rings is 2. The number of aliphatic hydroxyl groups excluding tert-OH is 1. The molecule has 3 aromatic rings. The zero-order valence-corrected chi connectivity index (χ0v) is 12.1. The monoisotopic (exact) mass is 279 g/mol. The lowest BCUT2D eigenvalue weighted by molar-refractivity contribution is 0.281. The van der Waals surface area contributed by atoms with Gasteiger partial charge >= 0.3 is 0 Å². The van der Waals surface area contributed by atoms with Gasteiger partial charge in [-0.3, -0.25) is 0 Å². The third-order valence-electron chi connectivity index (χ3n) is 3.87. The van der Waals surface area contributed by atoms with Crippen LogP contribution in [-0.2, 0) is 6.61 Å². The van der Waals surface area contributed by atoms with Crippen LogP contribution in [-0.4, -0.2) is 15.2 Å². The fourth-order valence-electron chi connectivity index (χ4n) is 2.62. The molecule has 1 heterocycles. The second kappa shape index (κ2) is 5.19. The maximum atomic E-state index is 9.63. The van der Waals surface area contributed by atoms with Gasteiger partial charge in [-0.25, -0.2) is 4.98 Å². The fraction of sp³-hybridized carbons (Fsp3) is 0.167. The summed E-state index contributed by atoms with van der Waals surface area (Å²) in [6.07, 6.45) is 0. The first kappa shape index (κ1) is 13.6. The predicted octanol–water partition coefficient (Wildman–Crippen LogP) is 3.72. The number of aliphatic hydroxyl groups is 1. The van der Waals surface area contributed by atoms with Crippen LogP contribution in [0.5, 0.6) is 5.75 Å². The van der Waals surface area contributed by atoms with E-state index in [-0.39, 0.29) is 12.4 Å². The molecule has 3 heteroatoms. The van der Waals surface area contributed by atoms with Crippen LogP contribution in [0.3, 0.4) is 0 Å². The summed E-state index contributed by atoms with van der Waals surface area (Å²) < 4.78 is 0. The third kappa shape index (κ3) is 2.36. The maximum absolute atomic E-state index is 9.63. The van der Waals surface area contributed by atoms with Crippen molar-refractivity contribution in [3.8, 4) is 17.0 Å². The van der Waals surface area contributed by atoms with Crippen molar-refractivity contribution in [2.45, 2.75) is 20.5 Å². The number of hydrogen-bond donors (Lipinski definition) is 2. The smallest absolute Gasteiger partial charge is 0.116 e. The lowest BCUT2D eigenvalue weighted by atomic mass is 9.99. The number of nitrogens with zero attached hydrogens (tertiary/aromatic N) is 1. The standard InChI is InChI=1S/C18H17NO2/c1-11-8-17(13-4-3-5-15(21)9-13)19-18-12(2)14(10-20)6-7-16(11)18/h3-9,20-21H,10H2,1-2H3. The average molecular weight is 279 g/mol. The third-order valence-corrected chi connectivity index (χ3v) is 3.87. The van der Waals surface area contributed by atoms with Crippen molar-refractivity contribution in [3.63, 3.8) is 0 Å². The Balaban J connectivity index is 2.29. The molecular formula is C18H17NO2. The van der Waals surface area contributed by atoms with E-state index in [0.717, 1.165) is 38.9 Å². The van der Waals surface area contributed by atoms with E-state index in [2.05, 4.69) is 0 Å². The summed E-state index contributed by atoms with van der Waals surface area (Å²) in [6, 6.07) is 13.1. The molecule has 2 N–H and O–H groups in total. The zero-order valence-electron chi connectivity index (χ0n) is 12.1. The van der Waals surface area contributed by atoms with Crippen molar-refractivity contribution in [1.82, 2.24) is 4.98 Å². The Bertz CT molecular complexity index is 825. The van der Waals surface area contributed by atoms with Crippen molar-refractivity contribution in [1.29, 1.82) is 0 Å². The summed E-state index contributed by atoms with van der Waals surface area (Å²) in [5.74, 6) is 0.230. The van der Waals surface area contributed by atoms with Crippen molar-refractivity contribution in [2.75, 3.05) is 0 Å². The Morgan fingerprint density at radius 3 is 2.57 bits per heavy atom. The summed E-state index contributed by atoms with van der Waals surface area (Å²) in [5, 5.41) is 20.1. The first-order valence-corrected chi connectivity index (χ1v) is 6.90. The van der Waals surface area contributed by atoms with Crippen LogP contribution < -0.4 is 0 Å². The first-order valence-electron chi connectivity index (χ1n) is 6.90. The van der Waals surface area contributed by atoms with E-state index in [9.17, 15) is 10.2 Å². The Hall–Kier alpha value is -2.39. The molecule has 0 atom stereocenters. The van der Waals surface area contributed by atoms with Gasteiger partial charge in [0.05, 0.1) is 17.8 Å². The molecule has 0 saturated carbocycles. The number of fused-ring (bicyclic) bond motifs is 1. The highest BCUT2D eigenvalue weighted by molar-refractivity contribution is 5.88. The average Bonchev–Trinajstić information content (AvgIpc) is 2.48. The van der Waals surface area contributed by atoms with Crippen LogP contribution in [0.4, 0.5) is 0 Å². The highest BCUT2D eigenvalue weighted by Gasteiger charge is 2.10. The number of hydrogen-bond acceptors (Lipinski definition) is 3. The summed E-state index contributed by atoms with van der Waals surface area (Å²) >= 11 is 0. The van der Waals surface area contributed by atoms with Gasteiger partial charge in [0.1, 0.15) is 5.75 Å². The summed E-state index contributed by atoms with van der Waals surface area (Å²) in [6.45, 7) is 4.04. The van der Waals surface area contributed by atoms with E-state index in [0.29, 0.717) is 0 Å². The molecule has 0 unspecified atom stereocenters. The number of phenolic OH excluding ortho intramolecular Hbond substituents is 1. The van der Waals surface area contributed by atoms with Gasteiger partial charge in [-0.15, -0.1) is 0 Å². The lowest BCUT2D eigenvalue weighted by Crippen LogP contribution is -1.95. The summed E-state index contributed by atoms with van der Waals surface area (Å²) in [4.78, 5) is 4.73. The van der Waals surface area contributed by atoms with Crippen LogP contribution in [0.2, 0.25) is 0 Å². The number of phenols is 1. The Morgan fingerprint density at radius 2 is 1.86 bits per heavy atom. The first-order chi connectivity index (χ1) is 10.1. The Labute approximate surface area is 123 Å². The van der Waals surface area contributed by atoms with E-state index in [1.165, 1.54) is 0 Å². The minimum absolute atomic E-state index is 0.0128. The number of pyridine rings is 1. The molecule has 21 heavy (non-hydrogen) atoms. The Kier molecular flexibility index (Phi) is 3.35. The fourth-order valence-corrected chi connectivity index (χ4v) is 2.62. The molecule has 0 aliphatic heterocycles. The predicted molar refractivity (Wildman–Crippen MR) is 84.2 cm³/mol. The van der Waals surface area contributed by atoms with Gasteiger partial charge in [-0.1, -0.05) is 24.3 Å². The van der Waals surface area contributed by atoms with Gasteiger partial charge < -0.3 is 10.2 Å². The normalized spacial score (nSPS) is 11.0. The van der Waals surface area contributed by atoms with E-state index in [4.69, 9.17) is 4.98 Å². The minimum Gasteiger partial charge on any atom is -0.508 e. The molecule has 0 aliphatic rings.